The molecule has 0 bridgehead atoms. The summed E-state index contributed by atoms with van der Waals surface area (Å²) in [6.07, 6.45) is 2.62. The van der Waals surface area contributed by atoms with Gasteiger partial charge >= 0.3 is 0 Å². The van der Waals surface area contributed by atoms with Gasteiger partial charge in [0.25, 0.3) is 5.91 Å². The molecule has 6 nitrogen and oxygen atoms in total. The Bertz CT molecular complexity index is 1100. The molecule has 8 heteroatoms. The SMILES string of the molecule is O=C(c1ccc(Cl)cc1)N1CC[C@H](N2CCN(c3ncnc4cc(Cl)ccc34)CC2)C1. The van der Waals surface area contributed by atoms with Gasteiger partial charge in [-0.2, -0.15) is 0 Å². The van der Waals surface area contributed by atoms with Crippen LogP contribution < -0.4 is 4.90 Å². The highest BCUT2D eigenvalue weighted by Gasteiger charge is 2.32. The molecule has 31 heavy (non-hydrogen) atoms. The van der Waals surface area contributed by atoms with E-state index >= 15 is 0 Å². The Morgan fingerprint density at radius 1 is 0.903 bits per heavy atom. The molecule has 0 spiro atoms. The third-order valence-corrected chi connectivity index (χ3v) is 6.74. The highest BCUT2D eigenvalue weighted by Crippen LogP contribution is 2.27. The van der Waals surface area contributed by atoms with Crippen molar-refractivity contribution in [2.24, 2.45) is 0 Å². The zero-order chi connectivity index (χ0) is 21.4. The molecule has 1 aromatic heterocycles. The van der Waals surface area contributed by atoms with E-state index < -0.39 is 0 Å². The van der Waals surface area contributed by atoms with Crippen molar-refractivity contribution >= 4 is 45.8 Å². The number of carbonyl (C=O) groups is 1. The van der Waals surface area contributed by atoms with Crippen LogP contribution in [0.25, 0.3) is 10.9 Å². The Morgan fingerprint density at radius 3 is 2.42 bits per heavy atom. The van der Waals surface area contributed by atoms with Gasteiger partial charge < -0.3 is 9.80 Å². The molecule has 1 amide bonds. The molecular weight excluding hydrogens is 433 g/mol. The van der Waals surface area contributed by atoms with E-state index in [1.54, 1.807) is 30.6 Å². The van der Waals surface area contributed by atoms with Gasteiger partial charge in [-0.05, 0) is 48.9 Å². The lowest BCUT2D eigenvalue weighted by Crippen LogP contribution is -2.51. The van der Waals surface area contributed by atoms with E-state index in [1.165, 1.54) is 0 Å². The number of fused-ring (bicyclic) bond motifs is 1. The molecule has 3 heterocycles. The van der Waals surface area contributed by atoms with Gasteiger partial charge in [0.15, 0.2) is 0 Å². The summed E-state index contributed by atoms with van der Waals surface area (Å²) in [5, 5.41) is 2.36. The summed E-state index contributed by atoms with van der Waals surface area (Å²) in [4.78, 5) is 28.5. The molecule has 0 unspecified atom stereocenters. The Kier molecular flexibility index (Phi) is 5.69. The quantitative estimate of drug-likeness (QED) is 0.597. The fourth-order valence-electron chi connectivity index (χ4n) is 4.57. The number of halogens is 2. The average Bonchev–Trinajstić information content (AvgIpc) is 3.29. The molecule has 1 atom stereocenters. The van der Waals surface area contributed by atoms with Gasteiger partial charge in [0.2, 0.25) is 0 Å². The molecule has 2 aliphatic heterocycles. The van der Waals surface area contributed by atoms with Crippen LogP contribution in [0.15, 0.2) is 48.8 Å². The molecule has 3 aromatic rings. The van der Waals surface area contributed by atoms with Crippen molar-refractivity contribution in [2.75, 3.05) is 44.2 Å². The van der Waals surface area contributed by atoms with E-state index in [9.17, 15) is 4.79 Å². The Hall–Kier alpha value is -2.41. The Morgan fingerprint density at radius 2 is 1.65 bits per heavy atom. The maximum Gasteiger partial charge on any atom is 0.253 e. The molecule has 160 valence electrons. The van der Waals surface area contributed by atoms with Gasteiger partial charge in [-0.1, -0.05) is 23.2 Å². The van der Waals surface area contributed by atoms with Gasteiger partial charge in [0, 0.05) is 66.3 Å². The fraction of sp³-hybridized carbons (Fsp3) is 0.348. The van der Waals surface area contributed by atoms with E-state index in [4.69, 9.17) is 23.2 Å². The minimum atomic E-state index is 0.0870. The molecule has 0 N–H and O–H groups in total. The predicted octanol–water partition coefficient (Wildman–Crippen LogP) is 3.97. The first kappa shape index (κ1) is 20.5. The first-order chi connectivity index (χ1) is 15.1. The van der Waals surface area contributed by atoms with Crippen molar-refractivity contribution in [1.82, 2.24) is 19.8 Å². The second-order valence-electron chi connectivity index (χ2n) is 8.08. The lowest BCUT2D eigenvalue weighted by atomic mass is 10.1. The van der Waals surface area contributed by atoms with E-state index in [2.05, 4.69) is 19.8 Å². The zero-order valence-electron chi connectivity index (χ0n) is 17.0. The maximum atomic E-state index is 12.8. The highest BCUT2D eigenvalue weighted by molar-refractivity contribution is 6.31. The van der Waals surface area contributed by atoms with Crippen LogP contribution in [0.5, 0.6) is 0 Å². The molecule has 5 rings (SSSR count). The van der Waals surface area contributed by atoms with E-state index in [0.29, 0.717) is 21.7 Å². The van der Waals surface area contributed by atoms with Crippen molar-refractivity contribution < 1.29 is 4.79 Å². The smallest absolute Gasteiger partial charge is 0.253 e. The molecule has 0 saturated carbocycles. The van der Waals surface area contributed by atoms with Crippen LogP contribution in [0.4, 0.5) is 5.82 Å². The zero-order valence-corrected chi connectivity index (χ0v) is 18.6. The summed E-state index contributed by atoms with van der Waals surface area (Å²) in [6, 6.07) is 13.3. The first-order valence-corrected chi connectivity index (χ1v) is 11.3. The third-order valence-electron chi connectivity index (χ3n) is 6.25. The molecular formula is C23H23Cl2N5O. The van der Waals surface area contributed by atoms with Gasteiger partial charge in [0.1, 0.15) is 12.1 Å². The van der Waals surface area contributed by atoms with Gasteiger partial charge in [-0.3, -0.25) is 9.69 Å². The summed E-state index contributed by atoms with van der Waals surface area (Å²) in [7, 11) is 0. The molecule has 2 saturated heterocycles. The van der Waals surface area contributed by atoms with Gasteiger partial charge in [-0.15, -0.1) is 0 Å². The van der Waals surface area contributed by atoms with Crippen molar-refractivity contribution in [2.45, 2.75) is 12.5 Å². The number of carbonyl (C=O) groups excluding carboxylic acids is 1. The number of nitrogens with zero attached hydrogens (tertiary/aromatic N) is 5. The summed E-state index contributed by atoms with van der Waals surface area (Å²) in [5.41, 5.74) is 1.57. The normalized spacial score (nSPS) is 19.9. The number of amides is 1. The lowest BCUT2D eigenvalue weighted by molar-refractivity contribution is 0.0775. The number of benzene rings is 2. The number of anilines is 1. The summed E-state index contributed by atoms with van der Waals surface area (Å²) >= 11 is 12.1. The minimum absolute atomic E-state index is 0.0870. The number of piperazine rings is 1. The predicted molar refractivity (Wildman–Crippen MR) is 124 cm³/mol. The number of likely N-dealkylation sites (tertiary alicyclic amines) is 1. The topological polar surface area (TPSA) is 52.6 Å². The molecule has 2 fully saturated rings. The third kappa shape index (κ3) is 4.20. The van der Waals surface area contributed by atoms with Crippen LogP contribution in [0, 0.1) is 0 Å². The largest absolute Gasteiger partial charge is 0.353 e. The Labute approximate surface area is 191 Å². The van der Waals surface area contributed by atoms with Gasteiger partial charge in [-0.25, -0.2) is 9.97 Å². The standard InChI is InChI=1S/C23H23Cl2N5O/c24-17-3-1-16(2-4-17)23(31)30-8-7-19(14-30)28-9-11-29(12-10-28)22-20-6-5-18(25)13-21(20)26-15-27-22/h1-6,13,15,19H,7-12,14H2/t19-/m0/s1. The van der Waals surface area contributed by atoms with Crippen LogP contribution in [-0.4, -0.2) is 71.0 Å². The maximum absolute atomic E-state index is 12.8. The van der Waals surface area contributed by atoms with E-state index in [0.717, 1.165) is 62.4 Å². The monoisotopic (exact) mass is 455 g/mol. The second-order valence-corrected chi connectivity index (χ2v) is 8.96. The second kappa shape index (κ2) is 8.61. The van der Waals surface area contributed by atoms with Crippen LogP contribution in [0.3, 0.4) is 0 Å². The minimum Gasteiger partial charge on any atom is -0.353 e. The van der Waals surface area contributed by atoms with Crippen LogP contribution >= 0.6 is 23.2 Å². The molecule has 2 aromatic carbocycles. The fourth-order valence-corrected chi connectivity index (χ4v) is 4.86. The Balaban J connectivity index is 1.22. The molecule has 0 radical (unpaired) electrons. The number of hydrogen-bond acceptors (Lipinski definition) is 5. The van der Waals surface area contributed by atoms with Crippen LogP contribution in [0.1, 0.15) is 16.8 Å². The average molecular weight is 456 g/mol. The lowest BCUT2D eigenvalue weighted by Gasteiger charge is -2.38. The van der Waals surface area contributed by atoms with Crippen LogP contribution in [0.2, 0.25) is 10.0 Å². The van der Waals surface area contributed by atoms with E-state index in [1.807, 2.05) is 23.1 Å². The van der Waals surface area contributed by atoms with Crippen molar-refractivity contribution in [3.63, 3.8) is 0 Å². The number of rotatable bonds is 3. The summed E-state index contributed by atoms with van der Waals surface area (Å²) in [5.74, 6) is 1.05. The summed E-state index contributed by atoms with van der Waals surface area (Å²) < 4.78 is 0. The van der Waals surface area contributed by atoms with Crippen LogP contribution in [-0.2, 0) is 0 Å². The molecule has 0 aliphatic carbocycles. The van der Waals surface area contributed by atoms with Crippen molar-refractivity contribution in [3.8, 4) is 0 Å². The van der Waals surface area contributed by atoms with Crippen molar-refractivity contribution in [3.05, 3.63) is 64.4 Å². The number of aromatic nitrogens is 2. The first-order valence-electron chi connectivity index (χ1n) is 10.5. The summed E-state index contributed by atoms with van der Waals surface area (Å²) in [6.45, 7) is 5.27. The highest BCUT2D eigenvalue weighted by atomic mass is 35.5. The van der Waals surface area contributed by atoms with Gasteiger partial charge in [0.05, 0.1) is 5.52 Å². The molecule has 2 aliphatic rings. The van der Waals surface area contributed by atoms with Crippen molar-refractivity contribution in [1.29, 1.82) is 0 Å². The van der Waals surface area contributed by atoms with E-state index in [-0.39, 0.29) is 5.91 Å². The number of hydrogen-bond donors (Lipinski definition) is 0.